The second-order valence-corrected chi connectivity index (χ2v) is 2.26. The van der Waals surface area contributed by atoms with Crippen LogP contribution in [0.4, 0.5) is 5.69 Å². The molecule has 4 nitrogen and oxygen atoms in total. The first kappa shape index (κ1) is 14.6. The van der Waals surface area contributed by atoms with E-state index in [1.165, 1.54) is 7.11 Å². The summed E-state index contributed by atoms with van der Waals surface area (Å²) in [6.45, 7) is 0. The van der Waals surface area contributed by atoms with Crippen LogP contribution in [0.1, 0.15) is 10.5 Å². The number of methoxy groups -OCH3 is 1. The zero-order chi connectivity index (χ0) is 8.43. The van der Waals surface area contributed by atoms with Crippen LogP contribution < -0.4 is 5.73 Å². The molecule has 1 aromatic heterocycles. The lowest BCUT2D eigenvalue weighted by molar-refractivity contribution is 0.0590. The Morgan fingerprint density at radius 3 is 2.38 bits per heavy atom. The summed E-state index contributed by atoms with van der Waals surface area (Å²) in [6, 6.07) is 1.58. The van der Waals surface area contributed by atoms with Crippen molar-refractivity contribution in [2.24, 2.45) is 7.05 Å². The van der Waals surface area contributed by atoms with Gasteiger partial charge >= 0.3 is 5.97 Å². The number of aromatic nitrogens is 1. The number of carbonyl (C=O) groups is 1. The minimum Gasteiger partial charge on any atom is -0.464 e. The molecule has 0 amide bonds. The van der Waals surface area contributed by atoms with Crippen LogP contribution in [0.15, 0.2) is 12.3 Å². The number of esters is 1. The van der Waals surface area contributed by atoms with E-state index in [9.17, 15) is 4.79 Å². The van der Waals surface area contributed by atoms with Crippen LogP contribution in [0.3, 0.4) is 0 Å². The van der Waals surface area contributed by atoms with Gasteiger partial charge in [0.2, 0.25) is 0 Å². The van der Waals surface area contributed by atoms with Gasteiger partial charge in [0.15, 0.2) is 0 Å². The maximum Gasteiger partial charge on any atom is 0.354 e. The van der Waals surface area contributed by atoms with Crippen LogP contribution in [-0.2, 0) is 11.8 Å². The van der Waals surface area contributed by atoms with Crippen LogP contribution in [0.25, 0.3) is 0 Å². The first-order valence-electron chi connectivity index (χ1n) is 3.15. The third-order valence-electron chi connectivity index (χ3n) is 1.42. The number of hydrogen-bond donors (Lipinski definition) is 1. The largest absolute Gasteiger partial charge is 0.464 e. The molecule has 76 valence electrons. The van der Waals surface area contributed by atoms with E-state index in [2.05, 4.69) is 4.74 Å². The molecule has 2 N–H and O–H groups in total. The Morgan fingerprint density at radius 1 is 1.54 bits per heavy atom. The Morgan fingerprint density at radius 2 is 2.08 bits per heavy atom. The third kappa shape index (κ3) is 3.16. The van der Waals surface area contributed by atoms with Crippen molar-refractivity contribution in [3.63, 3.8) is 0 Å². The van der Waals surface area contributed by atoms with E-state index >= 15 is 0 Å². The number of aryl methyl sites for hydroxylation is 1. The summed E-state index contributed by atoms with van der Waals surface area (Å²) in [5, 5.41) is 0. The second-order valence-electron chi connectivity index (χ2n) is 2.26. The molecule has 0 radical (unpaired) electrons. The number of hydrogen-bond acceptors (Lipinski definition) is 3. The Bertz CT molecular complexity index is 286. The van der Waals surface area contributed by atoms with E-state index < -0.39 is 0 Å². The maximum atomic E-state index is 10.9. The number of nitrogens with zero attached hydrogens (tertiary/aromatic N) is 1. The van der Waals surface area contributed by atoms with Gasteiger partial charge in [-0.2, -0.15) is 0 Å². The highest BCUT2D eigenvalue weighted by Gasteiger charge is 2.09. The fraction of sp³-hybridized carbons (Fsp3) is 0.286. The van der Waals surface area contributed by atoms with Gasteiger partial charge in [-0.1, -0.05) is 0 Å². The van der Waals surface area contributed by atoms with Gasteiger partial charge in [0.25, 0.3) is 0 Å². The molecule has 6 heteroatoms. The van der Waals surface area contributed by atoms with E-state index in [0.29, 0.717) is 11.4 Å². The molecular weight excluding hydrogens is 215 g/mol. The summed E-state index contributed by atoms with van der Waals surface area (Å²) in [5.41, 5.74) is 6.47. The monoisotopic (exact) mass is 226 g/mol. The average molecular weight is 227 g/mol. The summed E-state index contributed by atoms with van der Waals surface area (Å²) in [6.07, 6.45) is 1.66. The van der Waals surface area contributed by atoms with E-state index in [1.807, 2.05) is 0 Å². The molecular formula is C7H12Cl2N2O2. The average Bonchev–Trinajstić information content (AvgIpc) is 2.28. The lowest BCUT2D eigenvalue weighted by atomic mass is 10.4. The van der Waals surface area contributed by atoms with Crippen LogP contribution in [-0.4, -0.2) is 17.6 Å². The molecule has 0 saturated heterocycles. The molecule has 0 aromatic carbocycles. The van der Waals surface area contributed by atoms with Crippen molar-refractivity contribution < 1.29 is 9.53 Å². The highest BCUT2D eigenvalue weighted by atomic mass is 35.5. The molecule has 0 saturated carbocycles. The first-order chi connectivity index (χ1) is 5.15. The number of carbonyl (C=O) groups excluding carboxylic acids is 1. The Hall–Kier alpha value is -0.870. The van der Waals surface area contributed by atoms with Crippen LogP contribution >= 0.6 is 24.8 Å². The van der Waals surface area contributed by atoms with Crippen LogP contribution in [0.5, 0.6) is 0 Å². The molecule has 0 aliphatic heterocycles. The minimum atomic E-state index is -0.371. The molecule has 1 rings (SSSR count). The number of ether oxygens (including phenoxy) is 1. The van der Waals surface area contributed by atoms with E-state index in [1.54, 1.807) is 23.9 Å². The van der Waals surface area contributed by atoms with Crippen molar-refractivity contribution in [1.82, 2.24) is 4.57 Å². The van der Waals surface area contributed by atoms with E-state index in [4.69, 9.17) is 5.73 Å². The van der Waals surface area contributed by atoms with E-state index in [-0.39, 0.29) is 30.8 Å². The summed E-state index contributed by atoms with van der Waals surface area (Å²) in [7, 11) is 3.08. The van der Waals surface area contributed by atoms with Gasteiger partial charge in [-0.15, -0.1) is 24.8 Å². The van der Waals surface area contributed by atoms with Crippen molar-refractivity contribution in [2.45, 2.75) is 0 Å². The molecule has 0 atom stereocenters. The summed E-state index contributed by atoms with van der Waals surface area (Å²) in [5.74, 6) is -0.371. The number of nitrogens with two attached hydrogens (primary N) is 1. The molecule has 13 heavy (non-hydrogen) atoms. The first-order valence-corrected chi connectivity index (χ1v) is 3.15. The van der Waals surface area contributed by atoms with Crippen molar-refractivity contribution in [3.8, 4) is 0 Å². The fourth-order valence-corrected chi connectivity index (χ4v) is 0.898. The number of rotatable bonds is 1. The summed E-state index contributed by atoms with van der Waals surface area (Å²) >= 11 is 0. The minimum absolute atomic E-state index is 0. The highest BCUT2D eigenvalue weighted by molar-refractivity contribution is 5.88. The lowest BCUT2D eigenvalue weighted by Gasteiger charge is -1.98. The molecule has 0 aliphatic rings. The summed E-state index contributed by atoms with van der Waals surface area (Å²) < 4.78 is 6.14. The van der Waals surface area contributed by atoms with Gasteiger partial charge in [0.05, 0.1) is 12.8 Å². The molecule has 0 bridgehead atoms. The van der Waals surface area contributed by atoms with Crippen molar-refractivity contribution in [1.29, 1.82) is 0 Å². The normalized spacial score (nSPS) is 8.15. The standard InChI is InChI=1S/C7H10N2O2.2ClH/c1-9-4-5(8)3-6(9)7(10)11-2;;/h3-4H,8H2,1-2H3;2*1H. The smallest absolute Gasteiger partial charge is 0.354 e. The number of nitrogen functional groups attached to an aromatic ring is 1. The second kappa shape index (κ2) is 5.72. The topological polar surface area (TPSA) is 57.2 Å². The van der Waals surface area contributed by atoms with Gasteiger partial charge in [0.1, 0.15) is 5.69 Å². The molecule has 1 heterocycles. The van der Waals surface area contributed by atoms with Gasteiger partial charge in [-0.25, -0.2) is 4.79 Å². The molecule has 0 spiro atoms. The molecule has 0 unspecified atom stereocenters. The van der Waals surface area contributed by atoms with Gasteiger partial charge in [-0.05, 0) is 6.07 Å². The van der Waals surface area contributed by atoms with Gasteiger partial charge in [-0.3, -0.25) is 0 Å². The third-order valence-corrected chi connectivity index (χ3v) is 1.42. The zero-order valence-electron chi connectivity index (χ0n) is 7.31. The molecule has 1 aromatic rings. The SMILES string of the molecule is COC(=O)c1cc(N)cn1C.Cl.Cl. The van der Waals surface area contributed by atoms with Crippen LogP contribution in [0, 0.1) is 0 Å². The fourth-order valence-electron chi connectivity index (χ4n) is 0.898. The summed E-state index contributed by atoms with van der Waals surface area (Å²) in [4.78, 5) is 10.9. The number of anilines is 1. The zero-order valence-corrected chi connectivity index (χ0v) is 8.95. The Kier molecular flexibility index (Phi) is 6.44. The van der Waals surface area contributed by atoms with Crippen molar-refractivity contribution in [2.75, 3.05) is 12.8 Å². The predicted octanol–water partition coefficient (Wildman–Crippen LogP) is 1.24. The van der Waals surface area contributed by atoms with Gasteiger partial charge in [0, 0.05) is 13.2 Å². The number of halogens is 2. The highest BCUT2D eigenvalue weighted by Crippen LogP contribution is 2.08. The predicted molar refractivity (Wildman–Crippen MR) is 55.7 cm³/mol. The Balaban J connectivity index is 0. The van der Waals surface area contributed by atoms with Crippen LogP contribution in [0.2, 0.25) is 0 Å². The van der Waals surface area contributed by atoms with Crippen molar-refractivity contribution >= 4 is 36.5 Å². The quantitative estimate of drug-likeness (QED) is 0.734. The maximum absolute atomic E-state index is 10.9. The van der Waals surface area contributed by atoms with Crippen molar-refractivity contribution in [3.05, 3.63) is 18.0 Å². The van der Waals surface area contributed by atoms with E-state index in [0.717, 1.165) is 0 Å². The molecule has 0 aliphatic carbocycles. The molecule has 0 fully saturated rings. The Labute approximate surface area is 88.9 Å². The van der Waals surface area contributed by atoms with Gasteiger partial charge < -0.3 is 15.0 Å². The lowest BCUT2D eigenvalue weighted by Crippen LogP contribution is -2.06.